The number of nitrogens with zero attached hydrogens (tertiary/aromatic N) is 3. The highest BCUT2D eigenvalue weighted by Crippen LogP contribution is 2.01. The molecule has 17 heavy (non-hydrogen) atoms. The van der Waals surface area contributed by atoms with Crippen LogP contribution in [0.5, 0.6) is 0 Å². The fourth-order valence-electron chi connectivity index (χ4n) is 1.55. The van der Waals surface area contributed by atoms with Crippen molar-refractivity contribution in [1.82, 2.24) is 20.3 Å². The van der Waals surface area contributed by atoms with E-state index in [4.69, 9.17) is 4.52 Å². The number of rotatable bonds is 6. The molecule has 0 radical (unpaired) electrons. The van der Waals surface area contributed by atoms with E-state index in [2.05, 4.69) is 15.6 Å². The minimum atomic E-state index is -0.473. The molecule has 2 N–H and O–H groups in total. The molecular weight excluding hydrogens is 220 g/mol. The van der Waals surface area contributed by atoms with Crippen molar-refractivity contribution in [2.75, 3.05) is 6.54 Å². The summed E-state index contributed by atoms with van der Waals surface area (Å²) in [5, 5.41) is 20.6. The Bertz CT molecular complexity index is 438. The molecule has 0 bridgehead atoms. The summed E-state index contributed by atoms with van der Waals surface area (Å²) in [6.07, 6.45) is 3.04. The van der Waals surface area contributed by atoms with E-state index in [0.29, 0.717) is 19.6 Å². The number of nitrogens with one attached hydrogen (secondary N) is 1. The van der Waals surface area contributed by atoms with E-state index >= 15 is 0 Å². The molecule has 6 heteroatoms. The van der Waals surface area contributed by atoms with Gasteiger partial charge in [-0.1, -0.05) is 5.16 Å². The van der Waals surface area contributed by atoms with Gasteiger partial charge in [0.05, 0.1) is 24.9 Å². The second-order valence-corrected chi connectivity index (χ2v) is 3.95. The van der Waals surface area contributed by atoms with Crippen molar-refractivity contribution in [2.45, 2.75) is 26.1 Å². The Labute approximate surface area is 99.2 Å². The molecule has 0 aliphatic heterocycles. The molecule has 0 amide bonds. The molecule has 0 aromatic carbocycles. The lowest BCUT2D eigenvalue weighted by atomic mass is 10.3. The maximum Gasteiger partial charge on any atom is 0.150 e. The van der Waals surface area contributed by atoms with Crippen LogP contribution in [0.2, 0.25) is 0 Å². The van der Waals surface area contributed by atoms with Gasteiger partial charge in [0, 0.05) is 25.0 Å². The van der Waals surface area contributed by atoms with Gasteiger partial charge in [0.15, 0.2) is 5.76 Å². The normalized spacial score (nSPS) is 12.8. The lowest BCUT2D eigenvalue weighted by Crippen LogP contribution is -2.30. The van der Waals surface area contributed by atoms with Gasteiger partial charge in [0.2, 0.25) is 0 Å². The summed E-state index contributed by atoms with van der Waals surface area (Å²) in [6.45, 7) is 3.41. The molecule has 6 nitrogen and oxygen atoms in total. The second-order valence-electron chi connectivity index (χ2n) is 3.95. The Kier molecular flexibility index (Phi) is 3.89. The predicted octanol–water partition coefficient (Wildman–Crippen LogP) is 0.330. The van der Waals surface area contributed by atoms with E-state index in [0.717, 1.165) is 11.5 Å². The molecule has 92 valence electrons. The topological polar surface area (TPSA) is 76.1 Å². The number of aromatic nitrogens is 3. The summed E-state index contributed by atoms with van der Waals surface area (Å²) in [4.78, 5) is 0. The van der Waals surface area contributed by atoms with Crippen molar-refractivity contribution in [3.05, 3.63) is 36.0 Å². The summed E-state index contributed by atoms with van der Waals surface area (Å²) < 4.78 is 6.74. The van der Waals surface area contributed by atoms with Gasteiger partial charge in [-0.25, -0.2) is 0 Å². The average Bonchev–Trinajstić information content (AvgIpc) is 2.90. The summed E-state index contributed by atoms with van der Waals surface area (Å²) >= 11 is 0. The van der Waals surface area contributed by atoms with Gasteiger partial charge < -0.3 is 14.9 Å². The number of aryl methyl sites for hydroxylation is 1. The number of hydrogen-bond acceptors (Lipinski definition) is 5. The SMILES string of the molecule is Cc1cc(CNCC(O)Cn2cccn2)on1. The molecule has 1 unspecified atom stereocenters. The highest BCUT2D eigenvalue weighted by molar-refractivity contribution is 5.02. The highest BCUT2D eigenvalue weighted by atomic mass is 16.5. The van der Waals surface area contributed by atoms with Crippen LogP contribution >= 0.6 is 0 Å². The number of hydrogen-bond donors (Lipinski definition) is 2. The summed E-state index contributed by atoms with van der Waals surface area (Å²) in [5.74, 6) is 0.772. The van der Waals surface area contributed by atoms with Crippen LogP contribution in [0.15, 0.2) is 29.0 Å². The molecule has 2 aromatic rings. The van der Waals surface area contributed by atoms with Crippen LogP contribution in [0.1, 0.15) is 11.5 Å². The van der Waals surface area contributed by atoms with Crippen molar-refractivity contribution < 1.29 is 9.63 Å². The van der Waals surface area contributed by atoms with Gasteiger partial charge in [-0.15, -0.1) is 0 Å². The Morgan fingerprint density at radius 3 is 3.12 bits per heavy atom. The van der Waals surface area contributed by atoms with Crippen molar-refractivity contribution in [3.63, 3.8) is 0 Å². The van der Waals surface area contributed by atoms with Crippen LogP contribution < -0.4 is 5.32 Å². The summed E-state index contributed by atoms with van der Waals surface area (Å²) in [7, 11) is 0. The van der Waals surface area contributed by atoms with Crippen molar-refractivity contribution >= 4 is 0 Å². The summed E-state index contributed by atoms with van der Waals surface area (Å²) in [6, 6.07) is 3.70. The fraction of sp³-hybridized carbons (Fsp3) is 0.455. The predicted molar refractivity (Wildman–Crippen MR) is 61.2 cm³/mol. The molecular formula is C11H16N4O2. The Hall–Kier alpha value is -1.66. The van der Waals surface area contributed by atoms with Gasteiger partial charge in [0.25, 0.3) is 0 Å². The van der Waals surface area contributed by atoms with Gasteiger partial charge >= 0.3 is 0 Å². The van der Waals surface area contributed by atoms with Crippen molar-refractivity contribution in [2.24, 2.45) is 0 Å². The molecule has 0 fully saturated rings. The molecule has 2 aromatic heterocycles. The summed E-state index contributed by atoms with van der Waals surface area (Å²) in [5.41, 5.74) is 0.860. The highest BCUT2D eigenvalue weighted by Gasteiger charge is 2.06. The third-order valence-corrected chi connectivity index (χ3v) is 2.31. The number of aliphatic hydroxyl groups is 1. The maximum absolute atomic E-state index is 9.73. The monoisotopic (exact) mass is 236 g/mol. The molecule has 2 heterocycles. The zero-order valence-corrected chi connectivity index (χ0v) is 9.71. The molecule has 2 rings (SSSR count). The second kappa shape index (κ2) is 5.60. The molecule has 0 saturated carbocycles. The van der Waals surface area contributed by atoms with Crippen LogP contribution in [-0.4, -0.2) is 32.7 Å². The standard InChI is InChI=1S/C11H16N4O2/c1-9-5-11(17-14-9)7-12-6-10(16)8-15-4-2-3-13-15/h2-5,10,12,16H,6-8H2,1H3. The van der Waals surface area contributed by atoms with Gasteiger partial charge in [-0.3, -0.25) is 4.68 Å². The lowest BCUT2D eigenvalue weighted by Gasteiger charge is -2.10. The maximum atomic E-state index is 9.73. The molecule has 1 atom stereocenters. The van der Waals surface area contributed by atoms with Crippen LogP contribution in [0.4, 0.5) is 0 Å². The largest absolute Gasteiger partial charge is 0.390 e. The van der Waals surface area contributed by atoms with E-state index in [-0.39, 0.29) is 0 Å². The first-order chi connectivity index (χ1) is 8.24. The smallest absolute Gasteiger partial charge is 0.150 e. The zero-order valence-electron chi connectivity index (χ0n) is 9.71. The Morgan fingerprint density at radius 2 is 2.47 bits per heavy atom. The first-order valence-electron chi connectivity index (χ1n) is 5.52. The molecule has 0 saturated heterocycles. The lowest BCUT2D eigenvalue weighted by molar-refractivity contribution is 0.145. The minimum absolute atomic E-state index is 0.473. The van der Waals surface area contributed by atoms with Gasteiger partial charge in [-0.2, -0.15) is 5.10 Å². The van der Waals surface area contributed by atoms with E-state index in [1.54, 1.807) is 10.9 Å². The third-order valence-electron chi connectivity index (χ3n) is 2.31. The van der Waals surface area contributed by atoms with Gasteiger partial charge in [-0.05, 0) is 13.0 Å². The Balaban J connectivity index is 1.68. The van der Waals surface area contributed by atoms with Crippen LogP contribution in [-0.2, 0) is 13.1 Å². The molecule has 0 aliphatic rings. The zero-order chi connectivity index (χ0) is 12.1. The van der Waals surface area contributed by atoms with Crippen LogP contribution in [0, 0.1) is 6.92 Å². The van der Waals surface area contributed by atoms with Crippen LogP contribution in [0.25, 0.3) is 0 Å². The van der Waals surface area contributed by atoms with Crippen molar-refractivity contribution in [1.29, 1.82) is 0 Å². The first-order valence-corrected chi connectivity index (χ1v) is 5.52. The first kappa shape index (κ1) is 11.8. The van der Waals surface area contributed by atoms with Crippen molar-refractivity contribution in [3.8, 4) is 0 Å². The third kappa shape index (κ3) is 3.69. The Morgan fingerprint density at radius 1 is 1.59 bits per heavy atom. The quantitative estimate of drug-likeness (QED) is 0.756. The fourth-order valence-corrected chi connectivity index (χ4v) is 1.55. The average molecular weight is 236 g/mol. The van der Waals surface area contributed by atoms with E-state index in [1.165, 1.54) is 0 Å². The molecule has 0 spiro atoms. The number of aliphatic hydroxyl groups excluding tert-OH is 1. The van der Waals surface area contributed by atoms with E-state index < -0.39 is 6.10 Å². The van der Waals surface area contributed by atoms with E-state index in [1.807, 2.05) is 25.3 Å². The van der Waals surface area contributed by atoms with Crippen LogP contribution in [0.3, 0.4) is 0 Å². The minimum Gasteiger partial charge on any atom is -0.390 e. The van der Waals surface area contributed by atoms with Gasteiger partial charge in [0.1, 0.15) is 0 Å². The molecule has 0 aliphatic carbocycles. The van der Waals surface area contributed by atoms with E-state index in [9.17, 15) is 5.11 Å².